The van der Waals surface area contributed by atoms with E-state index in [0.29, 0.717) is 0 Å². The van der Waals surface area contributed by atoms with Gasteiger partial charge in [-0.1, -0.05) is 78.9 Å². The van der Waals surface area contributed by atoms with Gasteiger partial charge >= 0.3 is 0 Å². The first kappa shape index (κ1) is 16.3. The quantitative estimate of drug-likeness (QED) is 0.548. The molecule has 0 saturated heterocycles. The largest absolute Gasteiger partial charge is 0.396 e. The van der Waals surface area contributed by atoms with Crippen LogP contribution in [0.3, 0.4) is 0 Å². The minimum atomic E-state index is -0.586. The Kier molecular flexibility index (Phi) is 5.87. The molecule has 3 rings (SSSR count). The summed E-state index contributed by atoms with van der Waals surface area (Å²) in [4.78, 5) is 1.26. The van der Waals surface area contributed by atoms with E-state index in [0.717, 1.165) is 5.75 Å². The van der Waals surface area contributed by atoms with Gasteiger partial charge in [-0.15, -0.1) is 11.8 Å². The van der Waals surface area contributed by atoms with Crippen LogP contribution >= 0.6 is 19.7 Å². The molecule has 0 heterocycles. The van der Waals surface area contributed by atoms with Crippen LogP contribution in [0.1, 0.15) is 0 Å². The number of benzene rings is 3. The van der Waals surface area contributed by atoms with E-state index in [-0.39, 0.29) is 6.61 Å². The highest BCUT2D eigenvalue weighted by atomic mass is 32.2. The Morgan fingerprint density at radius 3 is 1.78 bits per heavy atom. The van der Waals surface area contributed by atoms with Crippen molar-refractivity contribution in [2.24, 2.45) is 0 Å². The monoisotopic (exact) mass is 338 g/mol. The smallest absolute Gasteiger partial charge is 0.0525 e. The molecule has 0 fully saturated rings. The van der Waals surface area contributed by atoms with Gasteiger partial charge in [-0.25, -0.2) is 0 Å². The van der Waals surface area contributed by atoms with Crippen molar-refractivity contribution in [3.05, 3.63) is 84.9 Å². The Labute approximate surface area is 143 Å². The molecule has 0 amide bonds. The van der Waals surface area contributed by atoms with Crippen molar-refractivity contribution in [1.29, 1.82) is 0 Å². The van der Waals surface area contributed by atoms with Gasteiger partial charge in [-0.05, 0) is 29.9 Å². The van der Waals surface area contributed by atoms with Gasteiger partial charge in [0.2, 0.25) is 0 Å². The number of rotatable bonds is 6. The summed E-state index contributed by atoms with van der Waals surface area (Å²) in [6.45, 7) is 0.202. The van der Waals surface area contributed by atoms with Crippen molar-refractivity contribution in [3.8, 4) is 0 Å². The minimum absolute atomic E-state index is 0.202. The van der Waals surface area contributed by atoms with Crippen LogP contribution in [-0.4, -0.2) is 17.5 Å². The molecule has 0 atom stereocenters. The molecule has 0 bridgehead atoms. The molecule has 0 aliphatic carbocycles. The summed E-state index contributed by atoms with van der Waals surface area (Å²) in [6.07, 6.45) is 0. The standard InChI is InChI=1S/C20H19OPS/c21-15-16-23-20-14-8-7-13-19(20)22(17-9-3-1-4-10-17)18-11-5-2-6-12-18/h1-14,21H,15-16H2. The van der Waals surface area contributed by atoms with E-state index < -0.39 is 7.92 Å². The molecule has 0 aliphatic heterocycles. The van der Waals surface area contributed by atoms with E-state index in [1.165, 1.54) is 20.8 Å². The van der Waals surface area contributed by atoms with Gasteiger partial charge in [0.05, 0.1) is 6.61 Å². The molecule has 3 heteroatoms. The average Bonchev–Trinajstić information content (AvgIpc) is 2.63. The Morgan fingerprint density at radius 2 is 1.22 bits per heavy atom. The molecule has 3 aromatic carbocycles. The molecule has 0 saturated carbocycles. The molecule has 23 heavy (non-hydrogen) atoms. The summed E-state index contributed by atoms with van der Waals surface area (Å²) >= 11 is 1.73. The van der Waals surface area contributed by atoms with Gasteiger partial charge in [0, 0.05) is 10.6 Å². The Morgan fingerprint density at radius 1 is 0.696 bits per heavy atom. The summed E-state index contributed by atoms with van der Waals surface area (Å²) in [5, 5.41) is 13.2. The first-order valence-electron chi connectivity index (χ1n) is 7.63. The maximum Gasteiger partial charge on any atom is 0.0525 e. The van der Waals surface area contributed by atoms with E-state index in [4.69, 9.17) is 0 Å². The fourth-order valence-corrected chi connectivity index (χ4v) is 6.00. The van der Waals surface area contributed by atoms with E-state index in [1.54, 1.807) is 11.8 Å². The van der Waals surface area contributed by atoms with Crippen molar-refractivity contribution < 1.29 is 5.11 Å². The molecule has 0 aliphatic rings. The summed E-state index contributed by atoms with van der Waals surface area (Å²) < 4.78 is 0. The summed E-state index contributed by atoms with van der Waals surface area (Å²) in [7, 11) is -0.586. The number of aliphatic hydroxyl groups is 1. The van der Waals surface area contributed by atoms with Gasteiger partial charge in [0.1, 0.15) is 0 Å². The fraction of sp³-hybridized carbons (Fsp3) is 0.100. The lowest BCUT2D eigenvalue weighted by Gasteiger charge is -2.21. The van der Waals surface area contributed by atoms with Crippen LogP contribution in [0.2, 0.25) is 0 Å². The fourth-order valence-electron chi connectivity index (χ4n) is 2.50. The van der Waals surface area contributed by atoms with E-state index in [2.05, 4.69) is 84.9 Å². The predicted octanol–water partition coefficient (Wildman–Crippen LogP) is 3.53. The molecule has 1 nitrogen and oxygen atoms in total. The van der Waals surface area contributed by atoms with Gasteiger partial charge in [0.25, 0.3) is 0 Å². The third-order valence-corrected chi connectivity index (χ3v) is 7.19. The number of aliphatic hydroxyl groups excluding tert-OH is 1. The zero-order valence-electron chi connectivity index (χ0n) is 12.8. The summed E-state index contributed by atoms with van der Waals surface area (Å²) in [6, 6.07) is 30.0. The Hall–Kier alpha value is -1.60. The third kappa shape index (κ3) is 4.03. The Bertz CT molecular complexity index is 691. The molecule has 0 radical (unpaired) electrons. The number of thioether (sulfide) groups is 1. The highest BCUT2D eigenvalue weighted by molar-refractivity contribution is 8.00. The number of hydrogen-bond acceptors (Lipinski definition) is 2. The molecular weight excluding hydrogens is 319 g/mol. The molecule has 0 spiro atoms. The second-order valence-corrected chi connectivity index (χ2v) is 8.37. The zero-order chi connectivity index (χ0) is 15.9. The van der Waals surface area contributed by atoms with E-state index in [1.807, 2.05) is 0 Å². The SMILES string of the molecule is OCCSc1ccccc1P(c1ccccc1)c1ccccc1. The van der Waals surface area contributed by atoms with Crippen LogP contribution in [0.4, 0.5) is 0 Å². The second kappa shape index (κ2) is 8.31. The van der Waals surface area contributed by atoms with Crippen molar-refractivity contribution in [1.82, 2.24) is 0 Å². The molecule has 3 aromatic rings. The molecule has 0 unspecified atom stereocenters. The van der Waals surface area contributed by atoms with Crippen molar-refractivity contribution in [2.45, 2.75) is 4.90 Å². The highest BCUT2D eigenvalue weighted by Crippen LogP contribution is 2.36. The highest BCUT2D eigenvalue weighted by Gasteiger charge is 2.19. The van der Waals surface area contributed by atoms with Crippen molar-refractivity contribution in [3.63, 3.8) is 0 Å². The first-order valence-corrected chi connectivity index (χ1v) is 9.96. The van der Waals surface area contributed by atoms with Gasteiger partial charge in [-0.2, -0.15) is 0 Å². The third-order valence-electron chi connectivity index (χ3n) is 3.48. The normalized spacial score (nSPS) is 10.9. The summed E-state index contributed by atoms with van der Waals surface area (Å²) in [5.74, 6) is 0.726. The molecule has 1 N–H and O–H groups in total. The van der Waals surface area contributed by atoms with Gasteiger partial charge in [-0.3, -0.25) is 0 Å². The lowest BCUT2D eigenvalue weighted by Crippen LogP contribution is -2.22. The van der Waals surface area contributed by atoms with Gasteiger partial charge in [0.15, 0.2) is 0 Å². The van der Waals surface area contributed by atoms with E-state index >= 15 is 0 Å². The number of hydrogen-bond donors (Lipinski definition) is 1. The predicted molar refractivity (Wildman–Crippen MR) is 103 cm³/mol. The minimum Gasteiger partial charge on any atom is -0.396 e. The van der Waals surface area contributed by atoms with Crippen LogP contribution in [0.25, 0.3) is 0 Å². The molecular formula is C20H19OPS. The lowest BCUT2D eigenvalue weighted by molar-refractivity contribution is 0.322. The van der Waals surface area contributed by atoms with Crippen LogP contribution in [-0.2, 0) is 0 Å². The van der Waals surface area contributed by atoms with Crippen LogP contribution in [0.5, 0.6) is 0 Å². The van der Waals surface area contributed by atoms with Crippen LogP contribution in [0.15, 0.2) is 89.8 Å². The second-order valence-electron chi connectivity index (χ2n) is 5.05. The van der Waals surface area contributed by atoms with Crippen molar-refractivity contribution >= 4 is 35.6 Å². The molecule has 0 aromatic heterocycles. The first-order chi connectivity index (χ1) is 11.4. The van der Waals surface area contributed by atoms with Gasteiger partial charge < -0.3 is 5.11 Å². The van der Waals surface area contributed by atoms with Crippen LogP contribution in [0, 0.1) is 0 Å². The summed E-state index contributed by atoms with van der Waals surface area (Å²) in [5.41, 5.74) is 0. The Balaban J connectivity index is 2.10. The zero-order valence-corrected chi connectivity index (χ0v) is 14.5. The lowest BCUT2D eigenvalue weighted by atomic mass is 10.3. The van der Waals surface area contributed by atoms with E-state index in [9.17, 15) is 5.11 Å². The average molecular weight is 338 g/mol. The molecule has 116 valence electrons. The maximum absolute atomic E-state index is 9.18. The van der Waals surface area contributed by atoms with Crippen molar-refractivity contribution in [2.75, 3.05) is 12.4 Å². The van der Waals surface area contributed by atoms with Crippen LogP contribution < -0.4 is 15.9 Å². The topological polar surface area (TPSA) is 20.2 Å². The maximum atomic E-state index is 9.18.